The van der Waals surface area contributed by atoms with E-state index in [0.717, 1.165) is 25.7 Å². The number of carbonyl (C=O) groups is 4. The summed E-state index contributed by atoms with van der Waals surface area (Å²) in [5.41, 5.74) is 0.138. The second kappa shape index (κ2) is 10.1. The highest BCUT2D eigenvalue weighted by molar-refractivity contribution is 6.10. The van der Waals surface area contributed by atoms with E-state index in [1.54, 1.807) is 6.92 Å². The number of aryl methyl sites for hydroxylation is 1. The maximum atomic E-state index is 12.4. The van der Waals surface area contributed by atoms with Crippen LogP contribution >= 0.6 is 0 Å². The van der Waals surface area contributed by atoms with Crippen LogP contribution < -0.4 is 5.32 Å². The minimum atomic E-state index is -0.771. The fraction of sp³-hybridized carbons (Fsp3) is 0.652. The quantitative estimate of drug-likeness (QED) is 0.502. The van der Waals surface area contributed by atoms with Gasteiger partial charge in [-0.05, 0) is 57.8 Å². The van der Waals surface area contributed by atoms with Gasteiger partial charge in [0.05, 0.1) is 18.1 Å². The molecule has 0 atom stereocenters. The maximum Gasteiger partial charge on any atom is 0.344 e. The predicted molar refractivity (Wildman–Crippen MR) is 114 cm³/mol. The number of anilines is 1. The minimum Gasteiger partial charge on any atom is -0.462 e. The number of rotatable bonds is 7. The van der Waals surface area contributed by atoms with Crippen molar-refractivity contribution in [3.8, 4) is 0 Å². The summed E-state index contributed by atoms with van der Waals surface area (Å²) >= 11 is 0. The topological polar surface area (TPSA) is 112 Å². The summed E-state index contributed by atoms with van der Waals surface area (Å²) < 4.78 is 15.6. The molecular formula is C23H33NO7. The molecule has 8 nitrogen and oxygen atoms in total. The lowest BCUT2D eigenvalue weighted by Gasteiger charge is -2.36. The van der Waals surface area contributed by atoms with E-state index >= 15 is 0 Å². The van der Waals surface area contributed by atoms with E-state index in [2.05, 4.69) is 26.1 Å². The second-order valence-corrected chi connectivity index (χ2v) is 9.08. The van der Waals surface area contributed by atoms with Gasteiger partial charge in [-0.15, -0.1) is 0 Å². The normalized spacial score (nSPS) is 18.9. The van der Waals surface area contributed by atoms with Crippen molar-refractivity contribution < 1.29 is 33.1 Å². The Hall–Kier alpha value is -2.64. The molecule has 0 saturated heterocycles. The zero-order valence-electron chi connectivity index (χ0n) is 19.3. The number of hydrogen-bond acceptors (Lipinski definition) is 7. The Morgan fingerprint density at radius 3 is 2.16 bits per heavy atom. The Kier molecular flexibility index (Phi) is 8.03. The molecule has 0 radical (unpaired) electrons. The zero-order valence-corrected chi connectivity index (χ0v) is 19.3. The van der Waals surface area contributed by atoms with E-state index < -0.39 is 24.5 Å². The fourth-order valence-corrected chi connectivity index (χ4v) is 4.07. The van der Waals surface area contributed by atoms with E-state index in [1.807, 2.05) is 0 Å². The van der Waals surface area contributed by atoms with Crippen molar-refractivity contribution in [2.24, 2.45) is 17.3 Å². The van der Waals surface area contributed by atoms with Crippen LogP contribution in [0, 0.1) is 24.2 Å². The Bertz CT molecular complexity index is 839. The van der Waals surface area contributed by atoms with Gasteiger partial charge in [0.2, 0.25) is 5.88 Å². The largest absolute Gasteiger partial charge is 0.462 e. The molecule has 8 heteroatoms. The van der Waals surface area contributed by atoms with E-state index in [0.29, 0.717) is 5.92 Å². The first kappa shape index (κ1) is 24.6. The molecule has 172 valence electrons. The van der Waals surface area contributed by atoms with Crippen LogP contribution in [0.1, 0.15) is 86.8 Å². The molecule has 1 fully saturated rings. The van der Waals surface area contributed by atoms with Crippen molar-refractivity contribution in [3.63, 3.8) is 0 Å². The molecule has 1 aliphatic carbocycles. The molecule has 1 aromatic heterocycles. The third-order valence-corrected chi connectivity index (χ3v) is 5.80. The highest BCUT2D eigenvalue weighted by Crippen LogP contribution is 2.40. The number of carbonyl (C=O) groups excluding carboxylic acids is 4. The van der Waals surface area contributed by atoms with Crippen LogP contribution in [0.3, 0.4) is 0 Å². The highest BCUT2D eigenvalue weighted by atomic mass is 16.5. The van der Waals surface area contributed by atoms with Crippen LogP contribution in [0.25, 0.3) is 0 Å². The Morgan fingerprint density at radius 1 is 1.03 bits per heavy atom. The standard InChI is InChI=1S/C23H33NO7/c1-7-29-22(28)19-18(13(2)25)14(3)31-20(19)24-17(26)12-30-21(27)15-8-10-16(11-9-15)23(4,5)6/h15-16H,7-12H2,1-6H3,(H,24,26). The lowest BCUT2D eigenvalue weighted by molar-refractivity contribution is -0.153. The number of ether oxygens (including phenoxy) is 2. The Balaban J connectivity index is 1.97. The number of Topliss-reactive ketones (excluding diaryl/α,β-unsaturated/α-hetero) is 1. The fourth-order valence-electron chi connectivity index (χ4n) is 4.07. The van der Waals surface area contributed by atoms with Gasteiger partial charge >= 0.3 is 11.9 Å². The predicted octanol–water partition coefficient (Wildman–Crippen LogP) is 4.30. The summed E-state index contributed by atoms with van der Waals surface area (Å²) in [4.78, 5) is 48.9. The third kappa shape index (κ3) is 6.18. The molecule has 1 N–H and O–H groups in total. The van der Waals surface area contributed by atoms with Crippen LogP contribution in [-0.4, -0.2) is 36.8 Å². The van der Waals surface area contributed by atoms with Gasteiger partial charge in [0.1, 0.15) is 11.3 Å². The van der Waals surface area contributed by atoms with Gasteiger partial charge < -0.3 is 13.9 Å². The van der Waals surface area contributed by atoms with Gasteiger partial charge in [-0.1, -0.05) is 20.8 Å². The molecular weight excluding hydrogens is 402 g/mol. The van der Waals surface area contributed by atoms with Crippen LogP contribution in [0.15, 0.2) is 4.42 Å². The summed E-state index contributed by atoms with van der Waals surface area (Å²) in [6.07, 6.45) is 3.40. The van der Waals surface area contributed by atoms with Gasteiger partial charge in [-0.25, -0.2) is 4.79 Å². The van der Waals surface area contributed by atoms with Crippen LogP contribution in [0.4, 0.5) is 5.88 Å². The van der Waals surface area contributed by atoms with Gasteiger partial charge in [0.25, 0.3) is 5.91 Å². The van der Waals surface area contributed by atoms with E-state index in [9.17, 15) is 19.2 Å². The van der Waals surface area contributed by atoms with Gasteiger partial charge in [-0.2, -0.15) is 0 Å². The zero-order chi connectivity index (χ0) is 23.3. The van der Waals surface area contributed by atoms with Gasteiger partial charge in [0.15, 0.2) is 12.4 Å². The van der Waals surface area contributed by atoms with Crippen molar-refractivity contribution in [1.29, 1.82) is 0 Å². The number of esters is 2. The molecule has 1 aromatic rings. The molecule has 0 unspecified atom stereocenters. The monoisotopic (exact) mass is 435 g/mol. The smallest absolute Gasteiger partial charge is 0.344 e. The third-order valence-electron chi connectivity index (χ3n) is 5.80. The number of amides is 1. The molecule has 1 aliphatic rings. The molecule has 0 bridgehead atoms. The van der Waals surface area contributed by atoms with Crippen molar-refractivity contribution in [3.05, 3.63) is 16.9 Å². The van der Waals surface area contributed by atoms with Crippen LogP contribution in [0.5, 0.6) is 0 Å². The molecule has 1 saturated carbocycles. The summed E-state index contributed by atoms with van der Waals surface area (Å²) in [5.74, 6) is -1.85. The first-order valence-corrected chi connectivity index (χ1v) is 10.7. The number of ketones is 1. The molecule has 0 aromatic carbocycles. The summed E-state index contributed by atoms with van der Waals surface area (Å²) in [5, 5.41) is 2.42. The van der Waals surface area contributed by atoms with Crippen molar-refractivity contribution in [2.75, 3.05) is 18.5 Å². The Morgan fingerprint density at radius 2 is 1.65 bits per heavy atom. The molecule has 0 aliphatic heterocycles. The maximum absolute atomic E-state index is 12.4. The summed E-state index contributed by atoms with van der Waals surface area (Å²) in [7, 11) is 0. The molecule has 31 heavy (non-hydrogen) atoms. The molecule has 1 amide bonds. The van der Waals surface area contributed by atoms with Gasteiger partial charge in [0, 0.05) is 0 Å². The number of nitrogens with one attached hydrogen (secondary N) is 1. The van der Waals surface area contributed by atoms with Crippen molar-refractivity contribution in [2.45, 2.75) is 67.2 Å². The second-order valence-electron chi connectivity index (χ2n) is 9.08. The highest BCUT2D eigenvalue weighted by Gasteiger charge is 2.33. The van der Waals surface area contributed by atoms with Crippen molar-refractivity contribution in [1.82, 2.24) is 0 Å². The van der Waals surface area contributed by atoms with Crippen LogP contribution in [-0.2, 0) is 19.1 Å². The molecule has 0 spiro atoms. The SMILES string of the molecule is CCOC(=O)c1c(NC(=O)COC(=O)C2CCC(C(C)(C)C)CC2)oc(C)c1C(C)=O. The van der Waals surface area contributed by atoms with Crippen LogP contribution in [0.2, 0.25) is 0 Å². The van der Waals surface area contributed by atoms with Gasteiger partial charge in [-0.3, -0.25) is 19.7 Å². The average Bonchev–Trinajstić information content (AvgIpc) is 3.01. The van der Waals surface area contributed by atoms with E-state index in [4.69, 9.17) is 13.9 Å². The molecule has 1 heterocycles. The average molecular weight is 436 g/mol. The molecule has 2 rings (SSSR count). The lowest BCUT2D eigenvalue weighted by Crippen LogP contribution is -2.31. The summed E-state index contributed by atoms with van der Waals surface area (Å²) in [6, 6.07) is 0. The number of furan rings is 1. The number of hydrogen-bond donors (Lipinski definition) is 1. The summed E-state index contributed by atoms with van der Waals surface area (Å²) in [6.45, 7) is 10.7. The van der Waals surface area contributed by atoms with E-state index in [1.165, 1.54) is 13.8 Å². The Labute approximate surface area is 183 Å². The minimum absolute atomic E-state index is 0.0568. The first-order chi connectivity index (χ1) is 14.5. The first-order valence-electron chi connectivity index (χ1n) is 10.7. The van der Waals surface area contributed by atoms with E-state index in [-0.39, 0.29) is 46.5 Å². The lowest BCUT2D eigenvalue weighted by atomic mass is 9.70. The van der Waals surface area contributed by atoms with Crippen molar-refractivity contribution >= 4 is 29.5 Å².